The summed E-state index contributed by atoms with van der Waals surface area (Å²) in [6, 6.07) is 3.94. The van der Waals surface area contributed by atoms with Crippen LogP contribution in [0.25, 0.3) is 0 Å². The molecule has 120 valence electrons. The first-order chi connectivity index (χ1) is 10.6. The van der Waals surface area contributed by atoms with Crippen molar-refractivity contribution in [2.45, 2.75) is 18.9 Å². The Morgan fingerprint density at radius 2 is 2.00 bits per heavy atom. The maximum Gasteiger partial charge on any atom is 0.227 e. The van der Waals surface area contributed by atoms with Crippen molar-refractivity contribution in [3.63, 3.8) is 0 Å². The highest BCUT2D eigenvalue weighted by atomic mass is 19.1. The summed E-state index contributed by atoms with van der Waals surface area (Å²) in [4.78, 5) is 16.5. The third-order valence-corrected chi connectivity index (χ3v) is 4.57. The molecule has 1 atom stereocenters. The van der Waals surface area contributed by atoms with Gasteiger partial charge in [0.15, 0.2) is 0 Å². The topological polar surface area (TPSA) is 35.6 Å². The molecule has 22 heavy (non-hydrogen) atoms. The summed E-state index contributed by atoms with van der Waals surface area (Å²) in [5.74, 6) is -1.36. The van der Waals surface area contributed by atoms with Crippen LogP contribution in [0.15, 0.2) is 18.2 Å². The lowest BCUT2D eigenvalue weighted by atomic mass is 10.1. The first kappa shape index (κ1) is 15.4. The predicted octanol–water partition coefficient (Wildman–Crippen LogP) is 1.01. The van der Waals surface area contributed by atoms with Crippen molar-refractivity contribution >= 4 is 5.91 Å². The van der Waals surface area contributed by atoms with Crippen LogP contribution >= 0.6 is 0 Å². The highest BCUT2D eigenvalue weighted by Crippen LogP contribution is 2.15. The quantitative estimate of drug-likeness (QED) is 0.905. The summed E-state index contributed by atoms with van der Waals surface area (Å²) < 4.78 is 26.5. The molecule has 2 aliphatic rings. The number of amides is 1. The Morgan fingerprint density at radius 3 is 2.64 bits per heavy atom. The molecule has 2 heterocycles. The van der Waals surface area contributed by atoms with Gasteiger partial charge >= 0.3 is 0 Å². The first-order valence-corrected chi connectivity index (χ1v) is 7.80. The number of carbonyl (C=O) groups is 1. The number of piperazine rings is 1. The van der Waals surface area contributed by atoms with Gasteiger partial charge in [-0.2, -0.15) is 0 Å². The highest BCUT2D eigenvalue weighted by molar-refractivity contribution is 5.79. The van der Waals surface area contributed by atoms with E-state index in [1.165, 1.54) is 12.1 Å². The van der Waals surface area contributed by atoms with E-state index in [1.54, 1.807) is 4.90 Å². The van der Waals surface area contributed by atoms with Gasteiger partial charge in [-0.15, -0.1) is 0 Å². The summed E-state index contributed by atoms with van der Waals surface area (Å²) in [6.07, 6.45) is 1.16. The van der Waals surface area contributed by atoms with Crippen LogP contribution in [0.1, 0.15) is 12.0 Å². The molecular weight excluding hydrogens is 288 g/mol. The fourth-order valence-corrected chi connectivity index (χ4v) is 3.23. The van der Waals surface area contributed by atoms with Gasteiger partial charge < -0.3 is 10.2 Å². The van der Waals surface area contributed by atoms with E-state index in [-0.39, 0.29) is 17.9 Å². The second-order valence-corrected chi connectivity index (χ2v) is 5.98. The zero-order valence-corrected chi connectivity index (χ0v) is 12.5. The van der Waals surface area contributed by atoms with Crippen LogP contribution in [0.3, 0.4) is 0 Å². The largest absolute Gasteiger partial charge is 0.340 e. The van der Waals surface area contributed by atoms with Crippen molar-refractivity contribution in [3.8, 4) is 0 Å². The number of nitrogens with zero attached hydrogens (tertiary/aromatic N) is 2. The third-order valence-electron chi connectivity index (χ3n) is 4.57. The van der Waals surface area contributed by atoms with Gasteiger partial charge in [0.25, 0.3) is 0 Å². The summed E-state index contributed by atoms with van der Waals surface area (Å²) in [7, 11) is 0. The van der Waals surface area contributed by atoms with E-state index in [1.807, 2.05) is 0 Å². The molecule has 4 nitrogen and oxygen atoms in total. The van der Waals surface area contributed by atoms with E-state index in [4.69, 9.17) is 0 Å². The van der Waals surface area contributed by atoms with Crippen LogP contribution in [-0.4, -0.2) is 61.0 Å². The molecular formula is C16H21F2N3O. The zero-order chi connectivity index (χ0) is 15.5. The van der Waals surface area contributed by atoms with Crippen LogP contribution in [0.5, 0.6) is 0 Å². The molecule has 6 heteroatoms. The molecule has 0 radical (unpaired) electrons. The SMILES string of the molecule is O=C(Cc1ccc(F)cc1F)N1CCN(C2CCNC2)CC1. The van der Waals surface area contributed by atoms with Crippen LogP contribution in [-0.2, 0) is 11.2 Å². The molecule has 1 aromatic rings. The van der Waals surface area contributed by atoms with Gasteiger partial charge in [-0.25, -0.2) is 8.78 Å². The third kappa shape index (κ3) is 3.44. The number of hydrogen-bond donors (Lipinski definition) is 1. The van der Waals surface area contributed by atoms with Crippen molar-refractivity contribution in [2.75, 3.05) is 39.3 Å². The normalized spacial score (nSPS) is 23.0. The average molecular weight is 309 g/mol. The van der Waals surface area contributed by atoms with Gasteiger partial charge in [-0.3, -0.25) is 9.69 Å². The lowest BCUT2D eigenvalue weighted by Crippen LogP contribution is -2.52. The minimum atomic E-state index is -0.649. The molecule has 1 amide bonds. The standard InChI is InChI=1S/C16H21F2N3O/c17-13-2-1-12(15(18)10-13)9-16(22)21-7-5-20(6-8-21)14-3-4-19-11-14/h1-2,10,14,19H,3-9,11H2. The monoisotopic (exact) mass is 309 g/mol. The number of rotatable bonds is 3. The van der Waals surface area contributed by atoms with Gasteiger partial charge in [-0.05, 0) is 24.6 Å². The molecule has 2 saturated heterocycles. The first-order valence-electron chi connectivity index (χ1n) is 7.80. The van der Waals surface area contributed by atoms with E-state index in [2.05, 4.69) is 10.2 Å². The van der Waals surface area contributed by atoms with Crippen LogP contribution in [0.4, 0.5) is 8.78 Å². The molecule has 3 rings (SSSR count). The Morgan fingerprint density at radius 1 is 1.23 bits per heavy atom. The summed E-state index contributed by atoms with van der Waals surface area (Å²) in [5, 5.41) is 3.35. The fourth-order valence-electron chi connectivity index (χ4n) is 3.23. The lowest BCUT2D eigenvalue weighted by molar-refractivity contribution is -0.132. The number of hydrogen-bond acceptors (Lipinski definition) is 3. The van der Waals surface area contributed by atoms with E-state index >= 15 is 0 Å². The van der Waals surface area contributed by atoms with E-state index < -0.39 is 11.6 Å². The maximum absolute atomic E-state index is 13.6. The summed E-state index contributed by atoms with van der Waals surface area (Å²) >= 11 is 0. The Hall–Kier alpha value is -1.53. The molecule has 0 aromatic heterocycles. The molecule has 0 saturated carbocycles. The van der Waals surface area contributed by atoms with Crippen molar-refractivity contribution in [1.29, 1.82) is 0 Å². The zero-order valence-electron chi connectivity index (χ0n) is 12.5. The second-order valence-electron chi connectivity index (χ2n) is 5.98. The van der Waals surface area contributed by atoms with Gasteiger partial charge in [0, 0.05) is 44.8 Å². The average Bonchev–Trinajstić information content (AvgIpc) is 3.04. The molecule has 1 unspecified atom stereocenters. The second kappa shape index (κ2) is 6.71. The molecule has 0 bridgehead atoms. The summed E-state index contributed by atoms with van der Waals surface area (Å²) in [5.41, 5.74) is 0.258. The molecule has 0 aliphatic carbocycles. The smallest absolute Gasteiger partial charge is 0.227 e. The van der Waals surface area contributed by atoms with Gasteiger partial charge in [0.1, 0.15) is 11.6 Å². The van der Waals surface area contributed by atoms with Gasteiger partial charge in [0.2, 0.25) is 5.91 Å². The molecule has 2 fully saturated rings. The van der Waals surface area contributed by atoms with Crippen molar-refractivity contribution in [1.82, 2.24) is 15.1 Å². The molecule has 0 spiro atoms. The lowest BCUT2D eigenvalue weighted by Gasteiger charge is -2.37. The number of halogens is 2. The maximum atomic E-state index is 13.6. The Bertz CT molecular complexity index is 538. The van der Waals surface area contributed by atoms with E-state index in [0.29, 0.717) is 19.1 Å². The Labute approximate surface area is 129 Å². The highest BCUT2D eigenvalue weighted by Gasteiger charge is 2.27. The molecule has 2 aliphatic heterocycles. The fraction of sp³-hybridized carbons (Fsp3) is 0.562. The van der Waals surface area contributed by atoms with Crippen molar-refractivity contribution in [2.24, 2.45) is 0 Å². The minimum absolute atomic E-state index is 0.00288. The molecule has 1 aromatic carbocycles. The van der Waals surface area contributed by atoms with E-state index in [0.717, 1.165) is 38.7 Å². The van der Waals surface area contributed by atoms with E-state index in [9.17, 15) is 13.6 Å². The molecule has 1 N–H and O–H groups in total. The number of carbonyl (C=O) groups excluding carboxylic acids is 1. The minimum Gasteiger partial charge on any atom is -0.340 e. The van der Waals surface area contributed by atoms with Crippen molar-refractivity contribution in [3.05, 3.63) is 35.4 Å². The van der Waals surface area contributed by atoms with Crippen molar-refractivity contribution < 1.29 is 13.6 Å². The van der Waals surface area contributed by atoms with Gasteiger partial charge in [-0.1, -0.05) is 6.07 Å². The summed E-state index contributed by atoms with van der Waals surface area (Å²) in [6.45, 7) is 5.17. The number of benzene rings is 1. The Balaban J connectivity index is 1.53. The van der Waals surface area contributed by atoms with Crippen LogP contribution in [0, 0.1) is 11.6 Å². The number of nitrogens with one attached hydrogen (secondary N) is 1. The van der Waals surface area contributed by atoms with Crippen LogP contribution < -0.4 is 5.32 Å². The van der Waals surface area contributed by atoms with Gasteiger partial charge in [0.05, 0.1) is 6.42 Å². The van der Waals surface area contributed by atoms with Crippen LogP contribution in [0.2, 0.25) is 0 Å². The Kier molecular flexibility index (Phi) is 4.69. The predicted molar refractivity (Wildman–Crippen MR) is 79.5 cm³/mol.